The number of hydrogen-bond donors (Lipinski definition) is 0. The largest absolute Gasteiger partial charge is 0.464 e. The molecule has 3 aromatic rings. The number of rotatable bonds is 5. The Morgan fingerprint density at radius 1 is 1.19 bits per heavy atom. The van der Waals surface area contributed by atoms with Crippen molar-refractivity contribution in [3.05, 3.63) is 80.6 Å². The van der Waals surface area contributed by atoms with Crippen LogP contribution in [0.25, 0.3) is 0 Å². The molecule has 3 rings (SSSR count). The number of aromatic nitrogens is 2. The number of halogens is 1. The molecule has 6 nitrogen and oxygen atoms in total. The van der Waals surface area contributed by atoms with Gasteiger partial charge in [0, 0.05) is 17.5 Å². The molecule has 0 unspecified atom stereocenters. The van der Waals surface area contributed by atoms with Crippen molar-refractivity contribution >= 4 is 29.3 Å². The Balaban J connectivity index is 1.69. The summed E-state index contributed by atoms with van der Waals surface area (Å²) in [5.41, 5.74) is 1.45. The van der Waals surface area contributed by atoms with Crippen LogP contribution in [0.2, 0.25) is 5.02 Å². The molecule has 1 aromatic carbocycles. The summed E-state index contributed by atoms with van der Waals surface area (Å²) in [5, 5.41) is 0.845. The fourth-order valence-electron chi connectivity index (χ4n) is 2.26. The zero-order chi connectivity index (χ0) is 19.4. The van der Waals surface area contributed by atoms with Gasteiger partial charge in [-0.05, 0) is 32.0 Å². The Labute approximate surface area is 164 Å². The molecular formula is C19H15ClN2O4S. The molecule has 0 bridgehead atoms. The molecule has 0 saturated carbocycles. The lowest BCUT2D eigenvalue weighted by Gasteiger charge is -2.06. The third-order valence-corrected chi connectivity index (χ3v) is 4.65. The van der Waals surface area contributed by atoms with Gasteiger partial charge in [0.25, 0.3) is 0 Å². The predicted octanol–water partition coefficient (Wildman–Crippen LogP) is 4.21. The van der Waals surface area contributed by atoms with E-state index in [0.717, 1.165) is 17.7 Å². The third-order valence-electron chi connectivity index (χ3n) is 3.45. The molecule has 0 aliphatic rings. The van der Waals surface area contributed by atoms with E-state index < -0.39 is 11.4 Å². The van der Waals surface area contributed by atoms with E-state index in [2.05, 4.69) is 9.97 Å². The first-order chi connectivity index (χ1) is 12.9. The summed E-state index contributed by atoms with van der Waals surface area (Å²) in [6.07, 6.45) is 1.12. The maximum atomic E-state index is 12.2. The Kier molecular flexibility index (Phi) is 5.93. The summed E-state index contributed by atoms with van der Waals surface area (Å²) >= 11 is 7.30. The molecule has 0 radical (unpaired) electrons. The van der Waals surface area contributed by atoms with Crippen molar-refractivity contribution < 1.29 is 13.9 Å². The number of hydrogen-bond acceptors (Lipinski definition) is 7. The SMILES string of the molecule is Cc1cc(C)nc(SCc2cc(=O)c(OC(=O)c3ccccc3Cl)co2)n1. The minimum Gasteiger partial charge on any atom is -0.464 e. The molecular weight excluding hydrogens is 388 g/mol. The van der Waals surface area contributed by atoms with Crippen LogP contribution in [0.5, 0.6) is 5.75 Å². The van der Waals surface area contributed by atoms with E-state index in [1.165, 1.54) is 23.9 Å². The van der Waals surface area contributed by atoms with Crippen molar-refractivity contribution in [3.8, 4) is 5.75 Å². The van der Waals surface area contributed by atoms with Crippen LogP contribution >= 0.6 is 23.4 Å². The van der Waals surface area contributed by atoms with Crippen LogP contribution in [-0.4, -0.2) is 15.9 Å². The highest BCUT2D eigenvalue weighted by molar-refractivity contribution is 7.98. The van der Waals surface area contributed by atoms with Crippen molar-refractivity contribution in [2.45, 2.75) is 24.8 Å². The summed E-state index contributed by atoms with van der Waals surface area (Å²) in [5.74, 6) is -0.128. The molecule has 2 heterocycles. The van der Waals surface area contributed by atoms with E-state index in [-0.39, 0.29) is 16.3 Å². The highest BCUT2D eigenvalue weighted by Gasteiger charge is 2.15. The van der Waals surface area contributed by atoms with Crippen LogP contribution in [0.4, 0.5) is 0 Å². The summed E-state index contributed by atoms with van der Waals surface area (Å²) in [7, 11) is 0. The quantitative estimate of drug-likeness (QED) is 0.359. The van der Waals surface area contributed by atoms with Crippen LogP contribution in [0.3, 0.4) is 0 Å². The first-order valence-corrected chi connectivity index (χ1v) is 9.32. The minimum atomic E-state index is -0.723. The number of nitrogens with zero attached hydrogens (tertiary/aromatic N) is 2. The molecule has 8 heteroatoms. The van der Waals surface area contributed by atoms with Gasteiger partial charge in [0.2, 0.25) is 11.2 Å². The van der Waals surface area contributed by atoms with Crippen LogP contribution in [0, 0.1) is 13.8 Å². The fourth-order valence-corrected chi connectivity index (χ4v) is 3.32. The van der Waals surface area contributed by atoms with Crippen molar-refractivity contribution in [1.82, 2.24) is 9.97 Å². The smallest absolute Gasteiger partial charge is 0.345 e. The predicted molar refractivity (Wildman–Crippen MR) is 102 cm³/mol. The van der Waals surface area contributed by atoms with Crippen molar-refractivity contribution in [2.75, 3.05) is 0 Å². The van der Waals surface area contributed by atoms with Gasteiger partial charge in [0.1, 0.15) is 12.0 Å². The molecule has 0 aliphatic carbocycles. The van der Waals surface area contributed by atoms with Gasteiger partial charge in [0.15, 0.2) is 5.16 Å². The number of aryl methyl sites for hydroxylation is 2. The second kappa shape index (κ2) is 8.37. The molecule has 2 aromatic heterocycles. The summed E-state index contributed by atoms with van der Waals surface area (Å²) in [4.78, 5) is 33.0. The fraction of sp³-hybridized carbons (Fsp3) is 0.158. The molecule has 0 spiro atoms. The van der Waals surface area contributed by atoms with Gasteiger partial charge in [0.05, 0.1) is 16.3 Å². The lowest BCUT2D eigenvalue weighted by molar-refractivity contribution is 0.0729. The number of ether oxygens (including phenoxy) is 1. The lowest BCUT2D eigenvalue weighted by atomic mass is 10.2. The average molecular weight is 403 g/mol. The molecule has 138 valence electrons. The second-order valence-electron chi connectivity index (χ2n) is 5.67. The third kappa shape index (κ3) is 4.96. The Morgan fingerprint density at radius 3 is 2.56 bits per heavy atom. The lowest BCUT2D eigenvalue weighted by Crippen LogP contribution is -2.15. The van der Waals surface area contributed by atoms with Crippen LogP contribution in [0.15, 0.2) is 57.0 Å². The molecule has 0 saturated heterocycles. The van der Waals surface area contributed by atoms with Gasteiger partial charge in [-0.1, -0.05) is 35.5 Å². The van der Waals surface area contributed by atoms with Crippen molar-refractivity contribution in [3.63, 3.8) is 0 Å². The number of carbonyl (C=O) groups excluding carboxylic acids is 1. The summed E-state index contributed by atoms with van der Waals surface area (Å²) in [6, 6.07) is 9.59. The van der Waals surface area contributed by atoms with Gasteiger partial charge in [-0.25, -0.2) is 14.8 Å². The molecule has 0 amide bonds. The molecule has 0 fully saturated rings. The van der Waals surface area contributed by atoms with Gasteiger partial charge in [-0.3, -0.25) is 4.79 Å². The summed E-state index contributed by atoms with van der Waals surface area (Å²) < 4.78 is 10.5. The normalized spacial score (nSPS) is 10.6. The van der Waals surface area contributed by atoms with Gasteiger partial charge < -0.3 is 9.15 Å². The average Bonchev–Trinajstić information content (AvgIpc) is 2.61. The molecule has 0 atom stereocenters. The Morgan fingerprint density at radius 2 is 1.89 bits per heavy atom. The van der Waals surface area contributed by atoms with Crippen LogP contribution in [0.1, 0.15) is 27.5 Å². The van der Waals surface area contributed by atoms with E-state index in [1.54, 1.807) is 18.2 Å². The van der Waals surface area contributed by atoms with E-state index in [1.807, 2.05) is 19.9 Å². The summed E-state index contributed by atoms with van der Waals surface area (Å²) in [6.45, 7) is 3.78. The Bertz CT molecular complexity index is 1030. The van der Waals surface area contributed by atoms with E-state index in [4.69, 9.17) is 20.8 Å². The minimum absolute atomic E-state index is 0.171. The topological polar surface area (TPSA) is 82.3 Å². The highest BCUT2D eigenvalue weighted by Crippen LogP contribution is 2.21. The maximum Gasteiger partial charge on any atom is 0.345 e. The zero-order valence-electron chi connectivity index (χ0n) is 14.6. The number of esters is 1. The maximum absolute atomic E-state index is 12.2. The number of benzene rings is 1. The highest BCUT2D eigenvalue weighted by atomic mass is 35.5. The van der Waals surface area contributed by atoms with Gasteiger partial charge in [-0.15, -0.1) is 0 Å². The van der Waals surface area contributed by atoms with E-state index in [0.29, 0.717) is 16.7 Å². The monoisotopic (exact) mass is 402 g/mol. The van der Waals surface area contributed by atoms with Crippen molar-refractivity contribution in [1.29, 1.82) is 0 Å². The van der Waals surface area contributed by atoms with E-state index in [9.17, 15) is 9.59 Å². The first-order valence-electron chi connectivity index (χ1n) is 7.96. The second-order valence-corrected chi connectivity index (χ2v) is 7.02. The van der Waals surface area contributed by atoms with Crippen molar-refractivity contribution in [2.24, 2.45) is 0 Å². The van der Waals surface area contributed by atoms with Gasteiger partial charge >= 0.3 is 5.97 Å². The van der Waals surface area contributed by atoms with E-state index >= 15 is 0 Å². The zero-order valence-corrected chi connectivity index (χ0v) is 16.1. The standard InChI is InChI=1S/C19H15ClN2O4S/c1-11-7-12(2)22-19(21-11)27-10-13-8-16(23)17(9-25-13)26-18(24)14-5-3-4-6-15(14)20/h3-9H,10H2,1-2H3. The van der Waals surface area contributed by atoms with Gasteiger partial charge in [-0.2, -0.15) is 0 Å². The first kappa shape index (κ1) is 19.1. The number of carbonyl (C=O) groups is 1. The molecule has 0 aliphatic heterocycles. The Hall–Kier alpha value is -2.64. The molecule has 27 heavy (non-hydrogen) atoms. The molecule has 0 N–H and O–H groups in total. The van der Waals surface area contributed by atoms with Crippen LogP contribution < -0.4 is 10.2 Å². The van der Waals surface area contributed by atoms with Crippen LogP contribution in [-0.2, 0) is 5.75 Å². The number of thioether (sulfide) groups is 1.